The number of rotatable bonds is 6. The Bertz CT molecular complexity index is 1030. The maximum atomic E-state index is 12.4. The highest BCUT2D eigenvalue weighted by Crippen LogP contribution is 2.10. The molecule has 0 N–H and O–H groups in total. The van der Waals surface area contributed by atoms with E-state index in [0.717, 1.165) is 34.1 Å². The van der Waals surface area contributed by atoms with Crippen LogP contribution in [-0.4, -0.2) is 37.1 Å². The van der Waals surface area contributed by atoms with Crippen molar-refractivity contribution >= 4 is 11.6 Å². The zero-order valence-corrected chi connectivity index (χ0v) is 14.6. The van der Waals surface area contributed by atoms with Crippen molar-refractivity contribution < 1.29 is 9.72 Å². The molecule has 0 fully saturated rings. The summed E-state index contributed by atoms with van der Waals surface area (Å²) >= 11 is 0. The predicted octanol–water partition coefficient (Wildman–Crippen LogP) is 1.60. The third-order valence-electron chi connectivity index (χ3n) is 3.99. The lowest BCUT2D eigenvalue weighted by Gasteiger charge is -2.16. The number of aromatic nitrogens is 3. The quantitative estimate of drug-likeness (QED) is 0.486. The van der Waals surface area contributed by atoms with Gasteiger partial charge in [0.1, 0.15) is 6.54 Å². The molecule has 0 spiro atoms. The molecular weight excluding hydrogens is 350 g/mol. The molecule has 2 heterocycles. The molecular formula is C18H17N5O4. The summed E-state index contributed by atoms with van der Waals surface area (Å²) < 4.78 is 2.74. The minimum absolute atomic E-state index is 0.241. The van der Waals surface area contributed by atoms with E-state index in [1.807, 2.05) is 36.5 Å². The van der Waals surface area contributed by atoms with Crippen molar-refractivity contribution in [3.8, 4) is 5.69 Å². The van der Waals surface area contributed by atoms with E-state index in [1.165, 1.54) is 4.90 Å². The summed E-state index contributed by atoms with van der Waals surface area (Å²) in [5.41, 5.74) is 1.01. The number of benzene rings is 1. The summed E-state index contributed by atoms with van der Waals surface area (Å²) in [5, 5.41) is 15.1. The number of hydrogen-bond donors (Lipinski definition) is 0. The molecule has 0 aliphatic heterocycles. The van der Waals surface area contributed by atoms with Crippen molar-refractivity contribution in [1.29, 1.82) is 0 Å². The lowest BCUT2D eigenvalue weighted by molar-refractivity contribution is -0.385. The van der Waals surface area contributed by atoms with Gasteiger partial charge < -0.3 is 4.90 Å². The fraction of sp³-hybridized carbons (Fsp3) is 0.167. The standard InChI is InChI=1S/C18H17N5O4/c1-20(10-14-9-19-22(11-14)15-5-3-2-4-6-15)18(25)13-21-12-16(23(26)27)7-8-17(21)24/h2-9,11-12H,10,13H2,1H3. The molecule has 0 aliphatic carbocycles. The number of para-hydroxylation sites is 1. The predicted molar refractivity (Wildman–Crippen MR) is 97.4 cm³/mol. The first-order valence-electron chi connectivity index (χ1n) is 8.12. The Morgan fingerprint density at radius 1 is 1.19 bits per heavy atom. The third kappa shape index (κ3) is 4.27. The largest absolute Gasteiger partial charge is 0.340 e. The van der Waals surface area contributed by atoms with Gasteiger partial charge in [0.05, 0.1) is 23.0 Å². The van der Waals surface area contributed by atoms with Crippen LogP contribution in [0.3, 0.4) is 0 Å². The minimum atomic E-state index is -0.609. The fourth-order valence-electron chi connectivity index (χ4n) is 2.54. The van der Waals surface area contributed by atoms with Gasteiger partial charge in [-0.15, -0.1) is 0 Å². The molecule has 1 amide bonds. The van der Waals surface area contributed by atoms with E-state index in [4.69, 9.17) is 0 Å². The highest BCUT2D eigenvalue weighted by molar-refractivity contribution is 5.75. The van der Waals surface area contributed by atoms with Crippen LogP contribution < -0.4 is 5.56 Å². The first-order valence-corrected chi connectivity index (χ1v) is 8.12. The van der Waals surface area contributed by atoms with Crippen LogP contribution in [0.15, 0.2) is 65.8 Å². The van der Waals surface area contributed by atoms with Crippen molar-refractivity contribution in [1.82, 2.24) is 19.2 Å². The van der Waals surface area contributed by atoms with Gasteiger partial charge in [0.25, 0.3) is 11.2 Å². The average Bonchev–Trinajstić information content (AvgIpc) is 3.12. The van der Waals surface area contributed by atoms with Crippen molar-refractivity contribution in [2.24, 2.45) is 0 Å². The van der Waals surface area contributed by atoms with E-state index >= 15 is 0 Å². The molecule has 0 aliphatic rings. The van der Waals surface area contributed by atoms with Gasteiger partial charge in [-0.1, -0.05) is 18.2 Å². The summed E-state index contributed by atoms with van der Waals surface area (Å²) in [6.45, 7) is 0.0270. The number of pyridine rings is 1. The highest BCUT2D eigenvalue weighted by atomic mass is 16.6. The maximum absolute atomic E-state index is 12.4. The van der Waals surface area contributed by atoms with Gasteiger partial charge in [-0.2, -0.15) is 5.10 Å². The third-order valence-corrected chi connectivity index (χ3v) is 3.99. The van der Waals surface area contributed by atoms with Gasteiger partial charge in [-0.3, -0.25) is 24.3 Å². The van der Waals surface area contributed by atoms with E-state index in [-0.39, 0.29) is 18.1 Å². The number of likely N-dealkylation sites (N-methyl/N-ethyl adjacent to an activating group) is 1. The normalized spacial score (nSPS) is 10.6. The molecule has 0 radical (unpaired) electrons. The molecule has 138 valence electrons. The second-order valence-corrected chi connectivity index (χ2v) is 5.99. The number of carbonyl (C=O) groups excluding carboxylic acids is 1. The Balaban J connectivity index is 1.68. The number of carbonyl (C=O) groups is 1. The van der Waals surface area contributed by atoms with Gasteiger partial charge in [-0.05, 0) is 12.1 Å². The van der Waals surface area contributed by atoms with Crippen LogP contribution in [0.2, 0.25) is 0 Å². The maximum Gasteiger partial charge on any atom is 0.285 e. The van der Waals surface area contributed by atoms with Crippen molar-refractivity contribution in [3.05, 3.63) is 87.1 Å². The monoisotopic (exact) mass is 367 g/mol. The van der Waals surface area contributed by atoms with Crippen LogP contribution in [0.25, 0.3) is 5.69 Å². The van der Waals surface area contributed by atoms with Crippen molar-refractivity contribution in [3.63, 3.8) is 0 Å². The summed E-state index contributed by atoms with van der Waals surface area (Å²) in [7, 11) is 1.60. The van der Waals surface area contributed by atoms with Crippen molar-refractivity contribution in [2.45, 2.75) is 13.1 Å². The SMILES string of the molecule is CN(Cc1cnn(-c2ccccc2)c1)C(=O)Cn1cc([N+](=O)[O-])ccc1=O. The zero-order chi connectivity index (χ0) is 19.4. The molecule has 3 aromatic rings. The second-order valence-electron chi connectivity index (χ2n) is 5.99. The molecule has 0 saturated carbocycles. The Hall–Kier alpha value is -3.75. The lowest BCUT2D eigenvalue weighted by Crippen LogP contribution is -2.33. The van der Waals surface area contributed by atoms with Crippen LogP contribution in [-0.2, 0) is 17.9 Å². The highest BCUT2D eigenvalue weighted by Gasteiger charge is 2.14. The van der Waals surface area contributed by atoms with Crippen LogP contribution in [0.5, 0.6) is 0 Å². The fourth-order valence-corrected chi connectivity index (χ4v) is 2.54. The van der Waals surface area contributed by atoms with Crippen LogP contribution in [0, 0.1) is 10.1 Å². The topological polar surface area (TPSA) is 103 Å². The summed E-state index contributed by atoms with van der Waals surface area (Å²) in [4.78, 5) is 35.9. The summed E-state index contributed by atoms with van der Waals surface area (Å²) in [6.07, 6.45) is 4.55. The molecule has 0 bridgehead atoms. The van der Waals surface area contributed by atoms with E-state index in [2.05, 4.69) is 5.10 Å². The van der Waals surface area contributed by atoms with Gasteiger partial charge in [0.15, 0.2) is 0 Å². The Kier molecular flexibility index (Phi) is 5.11. The van der Waals surface area contributed by atoms with Crippen molar-refractivity contribution in [2.75, 3.05) is 7.05 Å². The smallest absolute Gasteiger partial charge is 0.285 e. The Morgan fingerprint density at radius 2 is 1.93 bits per heavy atom. The summed E-state index contributed by atoms with van der Waals surface area (Å²) in [6, 6.07) is 11.8. The second kappa shape index (κ2) is 7.65. The lowest BCUT2D eigenvalue weighted by atomic mass is 10.3. The minimum Gasteiger partial charge on any atom is -0.340 e. The van der Waals surface area contributed by atoms with Crippen LogP contribution >= 0.6 is 0 Å². The van der Waals surface area contributed by atoms with Gasteiger partial charge in [0.2, 0.25) is 5.91 Å². The molecule has 3 rings (SSSR count). The van der Waals surface area contributed by atoms with Crippen LogP contribution in [0.1, 0.15) is 5.56 Å². The summed E-state index contributed by atoms with van der Waals surface area (Å²) in [5.74, 6) is -0.343. The number of nitro groups is 1. The van der Waals surface area contributed by atoms with E-state index in [9.17, 15) is 19.7 Å². The van der Waals surface area contributed by atoms with E-state index in [0.29, 0.717) is 6.54 Å². The van der Waals surface area contributed by atoms with E-state index in [1.54, 1.807) is 17.9 Å². The molecule has 0 atom stereocenters. The van der Waals surface area contributed by atoms with Gasteiger partial charge in [0, 0.05) is 37.5 Å². The first kappa shape index (κ1) is 18.1. The van der Waals surface area contributed by atoms with E-state index < -0.39 is 10.5 Å². The average molecular weight is 367 g/mol. The zero-order valence-electron chi connectivity index (χ0n) is 14.6. The van der Waals surface area contributed by atoms with Gasteiger partial charge in [-0.25, -0.2) is 4.68 Å². The Labute approximate surface area is 154 Å². The molecule has 0 saturated heterocycles. The van der Waals surface area contributed by atoms with Gasteiger partial charge >= 0.3 is 0 Å². The molecule has 0 unspecified atom stereocenters. The Morgan fingerprint density at radius 3 is 2.63 bits per heavy atom. The molecule has 1 aromatic carbocycles. The molecule has 27 heavy (non-hydrogen) atoms. The molecule has 9 nitrogen and oxygen atoms in total. The first-order chi connectivity index (χ1) is 12.9. The molecule has 9 heteroatoms. The number of amides is 1. The number of nitrogens with zero attached hydrogens (tertiary/aromatic N) is 5. The molecule has 2 aromatic heterocycles. The number of hydrogen-bond acceptors (Lipinski definition) is 5. The van der Waals surface area contributed by atoms with Crippen LogP contribution in [0.4, 0.5) is 5.69 Å².